The number of rotatable bonds is 6. The lowest BCUT2D eigenvalue weighted by Crippen LogP contribution is -2.47. The predicted octanol–water partition coefficient (Wildman–Crippen LogP) is 4.27. The van der Waals surface area contributed by atoms with E-state index < -0.39 is 8.24 Å². The van der Waals surface area contributed by atoms with Crippen LogP contribution in [0, 0.1) is 0 Å². The van der Waals surface area contributed by atoms with Crippen LogP contribution in [0.5, 0.6) is 0 Å². The van der Waals surface area contributed by atoms with E-state index in [-0.39, 0.29) is 0 Å². The summed E-state index contributed by atoms with van der Waals surface area (Å²) in [6.45, 7) is 13.2. The number of hydrogen-bond donors (Lipinski definition) is 0. The van der Waals surface area contributed by atoms with E-state index in [9.17, 15) is 0 Å². The molecule has 0 aliphatic carbocycles. The minimum Gasteiger partial charge on any atom is -0.319 e. The van der Waals surface area contributed by atoms with Gasteiger partial charge in [-0.25, -0.2) is 0 Å². The van der Waals surface area contributed by atoms with E-state index in [0.717, 1.165) is 24.0 Å². The molecule has 0 aliphatic rings. The van der Waals surface area contributed by atoms with Crippen molar-refractivity contribution < 1.29 is 0 Å². The number of hydrogen-bond acceptors (Lipinski definition) is 1. The standard InChI is InChI=1S/C14H22BrNSi/c1-13(15)12-16(17(2,3)4)11-10-14-8-6-5-7-9-14/h5-9H,1,10-12H2,2-4H3. The molecule has 1 rings (SSSR count). The van der Waals surface area contributed by atoms with Crippen LogP contribution in [-0.4, -0.2) is 25.9 Å². The molecule has 0 bridgehead atoms. The Balaban J connectivity index is 2.59. The van der Waals surface area contributed by atoms with Gasteiger partial charge in [-0.2, -0.15) is 0 Å². The Morgan fingerprint density at radius 1 is 1.24 bits per heavy atom. The predicted molar refractivity (Wildman–Crippen MR) is 83.1 cm³/mol. The molecule has 0 heterocycles. The van der Waals surface area contributed by atoms with Gasteiger partial charge in [0.25, 0.3) is 0 Å². The third-order valence-corrected chi connectivity index (χ3v) is 5.35. The summed E-state index contributed by atoms with van der Waals surface area (Å²) in [5, 5.41) is 0. The summed E-state index contributed by atoms with van der Waals surface area (Å²) in [5.74, 6) is 0. The largest absolute Gasteiger partial charge is 0.319 e. The highest BCUT2D eigenvalue weighted by atomic mass is 79.9. The third-order valence-electron chi connectivity index (χ3n) is 2.82. The monoisotopic (exact) mass is 311 g/mol. The Hall–Kier alpha value is -0.383. The van der Waals surface area contributed by atoms with Gasteiger partial charge in [-0.3, -0.25) is 0 Å². The molecule has 0 spiro atoms. The molecule has 1 aromatic rings. The van der Waals surface area contributed by atoms with Crippen LogP contribution in [-0.2, 0) is 6.42 Å². The van der Waals surface area contributed by atoms with Crippen LogP contribution >= 0.6 is 15.9 Å². The topological polar surface area (TPSA) is 3.24 Å². The second-order valence-corrected chi connectivity index (χ2v) is 11.4. The van der Waals surface area contributed by atoms with E-state index in [2.05, 4.69) is 77.0 Å². The Morgan fingerprint density at radius 3 is 2.29 bits per heavy atom. The van der Waals surface area contributed by atoms with Gasteiger partial charge < -0.3 is 4.57 Å². The summed E-state index contributed by atoms with van der Waals surface area (Å²) in [7, 11) is -1.26. The second-order valence-electron chi connectivity index (χ2n) is 5.35. The summed E-state index contributed by atoms with van der Waals surface area (Å²) >= 11 is 3.48. The Kier molecular flexibility index (Phi) is 5.63. The maximum absolute atomic E-state index is 3.96. The van der Waals surface area contributed by atoms with E-state index in [1.807, 2.05) is 0 Å². The van der Waals surface area contributed by atoms with E-state index in [4.69, 9.17) is 0 Å². The van der Waals surface area contributed by atoms with Gasteiger partial charge in [0, 0.05) is 11.0 Å². The molecule has 0 atom stereocenters. The molecule has 3 heteroatoms. The number of nitrogens with zero attached hydrogens (tertiary/aromatic N) is 1. The molecule has 94 valence electrons. The first kappa shape index (κ1) is 14.7. The highest BCUT2D eigenvalue weighted by molar-refractivity contribution is 9.11. The van der Waals surface area contributed by atoms with Gasteiger partial charge in [0.05, 0.1) is 0 Å². The first-order valence-corrected chi connectivity index (χ1v) is 10.3. The van der Waals surface area contributed by atoms with Gasteiger partial charge in [-0.1, -0.05) is 72.5 Å². The maximum Gasteiger partial charge on any atom is 0.119 e. The quantitative estimate of drug-likeness (QED) is 0.709. The smallest absolute Gasteiger partial charge is 0.119 e. The van der Waals surface area contributed by atoms with Crippen molar-refractivity contribution in [3.63, 3.8) is 0 Å². The maximum atomic E-state index is 3.96. The number of halogens is 1. The fourth-order valence-corrected chi connectivity index (χ4v) is 3.75. The van der Waals surface area contributed by atoms with E-state index in [1.165, 1.54) is 5.56 Å². The summed E-state index contributed by atoms with van der Waals surface area (Å²) in [6.07, 6.45) is 1.12. The minimum absolute atomic E-state index is 0.961. The van der Waals surface area contributed by atoms with Gasteiger partial charge >= 0.3 is 0 Å². The van der Waals surface area contributed by atoms with Gasteiger partial charge in [0.15, 0.2) is 0 Å². The van der Waals surface area contributed by atoms with Gasteiger partial charge in [0.1, 0.15) is 8.24 Å². The summed E-state index contributed by atoms with van der Waals surface area (Å²) in [6, 6.07) is 10.7. The lowest BCUT2D eigenvalue weighted by atomic mass is 10.1. The molecule has 0 unspecified atom stereocenters. The molecular weight excluding hydrogens is 290 g/mol. The molecule has 17 heavy (non-hydrogen) atoms. The minimum atomic E-state index is -1.26. The molecule has 0 aliphatic heterocycles. The fraction of sp³-hybridized carbons (Fsp3) is 0.429. The van der Waals surface area contributed by atoms with Crippen molar-refractivity contribution in [3.05, 3.63) is 47.0 Å². The van der Waals surface area contributed by atoms with Crippen LogP contribution in [0.15, 0.2) is 41.4 Å². The summed E-state index contributed by atoms with van der Waals surface area (Å²) in [5.41, 5.74) is 1.41. The van der Waals surface area contributed by atoms with Crippen LogP contribution in [0.2, 0.25) is 19.6 Å². The van der Waals surface area contributed by atoms with Crippen molar-refractivity contribution in [1.82, 2.24) is 4.57 Å². The van der Waals surface area contributed by atoms with E-state index >= 15 is 0 Å². The van der Waals surface area contributed by atoms with Gasteiger partial charge in [-0.15, -0.1) is 0 Å². The summed E-state index contributed by atoms with van der Waals surface area (Å²) < 4.78 is 3.66. The first-order valence-electron chi connectivity index (χ1n) is 6.02. The van der Waals surface area contributed by atoms with Crippen molar-refractivity contribution >= 4 is 24.2 Å². The second kappa shape index (κ2) is 6.52. The van der Waals surface area contributed by atoms with Crippen LogP contribution in [0.25, 0.3) is 0 Å². The molecule has 0 N–H and O–H groups in total. The highest BCUT2D eigenvalue weighted by Crippen LogP contribution is 2.15. The molecule has 0 radical (unpaired) electrons. The zero-order valence-corrected chi connectivity index (χ0v) is 13.6. The average Bonchev–Trinajstić information content (AvgIpc) is 2.23. The zero-order chi connectivity index (χ0) is 12.9. The van der Waals surface area contributed by atoms with Crippen molar-refractivity contribution in [2.24, 2.45) is 0 Å². The lowest BCUT2D eigenvalue weighted by molar-refractivity contribution is 0.468. The first-order chi connectivity index (χ1) is 7.89. The lowest BCUT2D eigenvalue weighted by Gasteiger charge is -2.34. The van der Waals surface area contributed by atoms with Gasteiger partial charge in [-0.05, 0) is 18.5 Å². The van der Waals surface area contributed by atoms with E-state index in [1.54, 1.807) is 0 Å². The highest BCUT2D eigenvalue weighted by Gasteiger charge is 2.23. The zero-order valence-electron chi connectivity index (χ0n) is 11.0. The van der Waals surface area contributed by atoms with Crippen LogP contribution in [0.1, 0.15) is 5.56 Å². The molecule has 0 saturated heterocycles. The fourth-order valence-electron chi connectivity index (χ4n) is 1.77. The Labute approximate surface area is 115 Å². The molecule has 1 aromatic carbocycles. The Morgan fingerprint density at radius 2 is 1.82 bits per heavy atom. The van der Waals surface area contributed by atoms with E-state index in [0.29, 0.717) is 0 Å². The van der Waals surface area contributed by atoms with Crippen LogP contribution in [0.4, 0.5) is 0 Å². The van der Waals surface area contributed by atoms with Crippen molar-refractivity contribution in [2.45, 2.75) is 26.1 Å². The normalized spacial score (nSPS) is 11.8. The molecule has 0 saturated carbocycles. The van der Waals surface area contributed by atoms with Crippen LogP contribution < -0.4 is 0 Å². The average molecular weight is 312 g/mol. The molecule has 1 nitrogen and oxygen atoms in total. The van der Waals surface area contributed by atoms with Crippen LogP contribution in [0.3, 0.4) is 0 Å². The van der Waals surface area contributed by atoms with Gasteiger partial charge in [0.2, 0.25) is 0 Å². The Bertz CT molecular complexity index is 356. The van der Waals surface area contributed by atoms with Crippen molar-refractivity contribution in [1.29, 1.82) is 0 Å². The van der Waals surface area contributed by atoms with Crippen molar-refractivity contribution in [3.8, 4) is 0 Å². The molecule has 0 amide bonds. The summed E-state index contributed by atoms with van der Waals surface area (Å²) in [4.78, 5) is 0. The third kappa shape index (κ3) is 5.66. The molecule has 0 aromatic heterocycles. The number of benzene rings is 1. The SMILES string of the molecule is C=C(Br)CN(CCc1ccccc1)[Si](C)(C)C. The molecular formula is C14H22BrNSi. The van der Waals surface area contributed by atoms with Crippen molar-refractivity contribution in [2.75, 3.05) is 13.1 Å². The molecule has 0 fully saturated rings.